The molecule has 9 heteroatoms. The Hall–Kier alpha value is -1.77. The van der Waals surface area contributed by atoms with Gasteiger partial charge in [0.25, 0.3) is 5.91 Å². The Morgan fingerprint density at radius 1 is 1.50 bits per heavy atom. The van der Waals surface area contributed by atoms with Crippen molar-refractivity contribution in [3.05, 3.63) is 42.7 Å². The molecule has 0 saturated carbocycles. The average molecular weight is 399 g/mol. The lowest BCUT2D eigenvalue weighted by atomic mass is 10.0. The molecule has 2 N–H and O–H groups in total. The monoisotopic (exact) mass is 398 g/mol. The molecule has 1 heterocycles. The number of thioether (sulfide) groups is 1. The van der Waals surface area contributed by atoms with Crippen molar-refractivity contribution >= 4 is 27.7 Å². The first-order chi connectivity index (χ1) is 12.2. The van der Waals surface area contributed by atoms with E-state index in [1.807, 2.05) is 0 Å². The molecule has 0 unspecified atom stereocenters. The van der Waals surface area contributed by atoms with Crippen LogP contribution in [0.15, 0.2) is 47.5 Å². The Bertz CT molecular complexity index is 799. The average Bonchev–Trinajstić information content (AvgIpc) is 2.61. The van der Waals surface area contributed by atoms with Crippen LogP contribution in [-0.4, -0.2) is 53.5 Å². The molecule has 1 fully saturated rings. The van der Waals surface area contributed by atoms with Crippen molar-refractivity contribution in [2.24, 2.45) is 0 Å². The van der Waals surface area contributed by atoms with Gasteiger partial charge in [-0.25, -0.2) is 13.9 Å². The Morgan fingerprint density at radius 2 is 2.15 bits per heavy atom. The number of carbonyl (C=O) groups excluding carboxylic acids is 1. The number of ether oxygens (including phenoxy) is 1. The summed E-state index contributed by atoms with van der Waals surface area (Å²) in [5.74, 6) is 0.313. The second-order valence-corrected chi connectivity index (χ2v) is 9.78. The van der Waals surface area contributed by atoms with Crippen LogP contribution in [0.2, 0.25) is 0 Å². The summed E-state index contributed by atoms with van der Waals surface area (Å²) >= 11 is 1.49. The number of rotatable bonds is 6. The number of carbonyl (C=O) groups is 1. The van der Waals surface area contributed by atoms with Crippen LogP contribution in [0.4, 0.5) is 0 Å². The Balaban J connectivity index is 2.32. The third-order valence-corrected chi connectivity index (χ3v) is 7.23. The fraction of sp³-hybridized carbons (Fsp3) is 0.412. The van der Waals surface area contributed by atoms with Crippen LogP contribution in [0.3, 0.4) is 0 Å². The van der Waals surface area contributed by atoms with E-state index >= 15 is 0 Å². The summed E-state index contributed by atoms with van der Waals surface area (Å²) in [6, 6.07) is 4.95. The third kappa shape index (κ3) is 4.31. The number of hydroxylamine groups is 1. The van der Waals surface area contributed by atoms with Crippen molar-refractivity contribution in [2.75, 3.05) is 18.9 Å². The van der Waals surface area contributed by atoms with Crippen LogP contribution >= 0.6 is 11.8 Å². The molecule has 0 aromatic heterocycles. The van der Waals surface area contributed by atoms with E-state index in [1.165, 1.54) is 23.9 Å². The van der Waals surface area contributed by atoms with Crippen molar-refractivity contribution in [3.63, 3.8) is 0 Å². The summed E-state index contributed by atoms with van der Waals surface area (Å²) in [7, 11) is -3.92. The number of nitrogens with zero attached hydrogens (tertiary/aromatic N) is 1. The summed E-state index contributed by atoms with van der Waals surface area (Å²) in [6.07, 6.45) is 1.61. The molecule has 1 aromatic carbocycles. The van der Waals surface area contributed by atoms with Gasteiger partial charge in [-0.15, -0.1) is 5.73 Å². The zero-order valence-corrected chi connectivity index (χ0v) is 16.3. The lowest BCUT2D eigenvalue weighted by molar-refractivity contribution is -0.134. The van der Waals surface area contributed by atoms with E-state index in [0.717, 1.165) is 4.31 Å². The van der Waals surface area contributed by atoms with Gasteiger partial charge in [0.1, 0.15) is 18.4 Å². The molecule has 142 valence electrons. The standard InChI is InChI=1S/C17H22N2O5S2/c1-4-5-11-24-13-6-8-14(9-7-13)26(22,23)19-10-12-25-17(2,3)15(19)16(20)18-21/h5-9,15,21H,1,10-12H2,2-3H3,(H,18,20)/t15-/m0/s1. The largest absolute Gasteiger partial charge is 0.489 e. The van der Waals surface area contributed by atoms with Crippen LogP contribution in [-0.2, 0) is 14.8 Å². The van der Waals surface area contributed by atoms with Gasteiger partial charge >= 0.3 is 0 Å². The zero-order chi connectivity index (χ0) is 19.4. The lowest BCUT2D eigenvalue weighted by Crippen LogP contribution is -2.61. The van der Waals surface area contributed by atoms with E-state index in [0.29, 0.717) is 11.5 Å². The summed E-state index contributed by atoms with van der Waals surface area (Å²) in [4.78, 5) is 12.2. The van der Waals surface area contributed by atoms with Crippen molar-refractivity contribution in [1.29, 1.82) is 0 Å². The van der Waals surface area contributed by atoms with E-state index in [9.17, 15) is 13.2 Å². The third-order valence-electron chi connectivity index (χ3n) is 4.00. The number of sulfonamides is 1. The highest BCUT2D eigenvalue weighted by Gasteiger charge is 2.48. The van der Waals surface area contributed by atoms with Crippen LogP contribution in [0.5, 0.6) is 5.75 Å². The maximum absolute atomic E-state index is 13.1. The number of hydrogen-bond acceptors (Lipinski definition) is 6. The maximum Gasteiger partial charge on any atom is 0.263 e. The quantitative estimate of drug-likeness (QED) is 0.431. The summed E-state index contributed by atoms with van der Waals surface area (Å²) in [5, 5.41) is 9.05. The van der Waals surface area contributed by atoms with Gasteiger partial charge in [0.2, 0.25) is 10.0 Å². The van der Waals surface area contributed by atoms with E-state index < -0.39 is 26.7 Å². The smallest absolute Gasteiger partial charge is 0.263 e. The predicted molar refractivity (Wildman–Crippen MR) is 99.8 cm³/mol. The van der Waals surface area contributed by atoms with E-state index in [-0.39, 0.29) is 18.0 Å². The highest BCUT2D eigenvalue weighted by atomic mass is 32.2. The van der Waals surface area contributed by atoms with Gasteiger partial charge in [0, 0.05) is 17.0 Å². The van der Waals surface area contributed by atoms with E-state index in [2.05, 4.69) is 12.3 Å². The van der Waals surface area contributed by atoms with Gasteiger partial charge in [0.05, 0.1) is 4.90 Å². The van der Waals surface area contributed by atoms with Gasteiger partial charge in [-0.1, -0.05) is 6.58 Å². The predicted octanol–water partition coefficient (Wildman–Crippen LogP) is 1.80. The first kappa shape index (κ1) is 20.5. The lowest BCUT2D eigenvalue weighted by Gasteiger charge is -2.43. The van der Waals surface area contributed by atoms with Crippen LogP contribution in [0.25, 0.3) is 0 Å². The first-order valence-corrected chi connectivity index (χ1v) is 10.3. The van der Waals surface area contributed by atoms with Crippen LogP contribution in [0, 0.1) is 0 Å². The van der Waals surface area contributed by atoms with Gasteiger partial charge in [-0.05, 0) is 44.2 Å². The van der Waals surface area contributed by atoms with Crippen molar-refractivity contribution in [1.82, 2.24) is 9.79 Å². The molecule has 1 atom stereocenters. The minimum Gasteiger partial charge on any atom is -0.489 e. The van der Waals surface area contributed by atoms with E-state index in [1.54, 1.807) is 37.5 Å². The fourth-order valence-corrected chi connectivity index (χ4v) is 5.87. The molecule has 26 heavy (non-hydrogen) atoms. The summed E-state index contributed by atoms with van der Waals surface area (Å²) < 4.78 is 32.0. The van der Waals surface area contributed by atoms with Gasteiger partial charge in [-0.3, -0.25) is 10.0 Å². The Morgan fingerprint density at radius 3 is 2.73 bits per heavy atom. The summed E-state index contributed by atoms with van der Waals surface area (Å²) in [5.41, 5.74) is 4.17. The normalized spacial score (nSPS) is 20.0. The van der Waals surface area contributed by atoms with Crippen LogP contribution in [0.1, 0.15) is 13.8 Å². The Labute approximate surface area is 157 Å². The molecular weight excluding hydrogens is 376 g/mol. The van der Waals surface area contributed by atoms with Crippen molar-refractivity contribution < 1.29 is 23.2 Å². The number of nitrogens with one attached hydrogen (secondary N) is 1. The molecule has 7 nitrogen and oxygen atoms in total. The van der Waals surface area contributed by atoms with Gasteiger partial charge < -0.3 is 4.74 Å². The first-order valence-electron chi connectivity index (χ1n) is 7.91. The second-order valence-electron chi connectivity index (χ2n) is 6.14. The fourth-order valence-electron chi connectivity index (χ4n) is 2.76. The second kappa shape index (κ2) is 8.28. The highest BCUT2D eigenvalue weighted by Crippen LogP contribution is 2.38. The molecular formula is C17H22N2O5S2. The number of hydrogen-bond donors (Lipinski definition) is 2. The molecule has 1 aromatic rings. The minimum atomic E-state index is -3.92. The number of amides is 1. The topological polar surface area (TPSA) is 95.9 Å². The molecule has 1 aliphatic heterocycles. The summed E-state index contributed by atoms with van der Waals surface area (Å²) in [6.45, 7) is 7.46. The molecule has 1 amide bonds. The van der Waals surface area contributed by atoms with Gasteiger partial charge in [-0.2, -0.15) is 16.1 Å². The minimum absolute atomic E-state index is 0.0579. The van der Waals surface area contributed by atoms with Gasteiger partial charge in [0.15, 0.2) is 0 Å². The molecule has 1 aliphatic rings. The number of benzene rings is 1. The highest BCUT2D eigenvalue weighted by molar-refractivity contribution is 8.00. The molecule has 0 aliphatic carbocycles. The zero-order valence-electron chi connectivity index (χ0n) is 14.6. The molecule has 0 radical (unpaired) electrons. The molecule has 0 bridgehead atoms. The maximum atomic E-state index is 13.1. The molecule has 0 spiro atoms. The van der Waals surface area contributed by atoms with Crippen molar-refractivity contribution in [3.8, 4) is 5.75 Å². The SMILES string of the molecule is C=C=CCOc1ccc(S(=O)(=O)N2CCSC(C)(C)[C@@H]2C(=O)NO)cc1. The Kier molecular flexibility index (Phi) is 6.54. The van der Waals surface area contributed by atoms with Crippen LogP contribution < -0.4 is 10.2 Å². The molecule has 2 rings (SSSR count). The molecule has 1 saturated heterocycles. The van der Waals surface area contributed by atoms with Crippen molar-refractivity contribution in [2.45, 2.75) is 29.5 Å². The van der Waals surface area contributed by atoms with E-state index in [4.69, 9.17) is 9.94 Å².